The maximum Gasteiger partial charge on any atom is 0.179 e. The van der Waals surface area contributed by atoms with E-state index in [2.05, 4.69) is 11.3 Å². The van der Waals surface area contributed by atoms with Gasteiger partial charge in [0.25, 0.3) is 0 Å². The van der Waals surface area contributed by atoms with E-state index in [1.54, 1.807) is 0 Å². The Morgan fingerprint density at radius 2 is 2.50 bits per heavy atom. The van der Waals surface area contributed by atoms with Crippen LogP contribution in [-0.4, -0.2) is 6.61 Å². The summed E-state index contributed by atoms with van der Waals surface area (Å²) >= 11 is 5.16. The molecule has 0 radical (unpaired) electrons. The van der Waals surface area contributed by atoms with E-state index in [1.807, 2.05) is 6.92 Å². The minimum Gasteiger partial charge on any atom is -0.484 e. The van der Waals surface area contributed by atoms with Crippen LogP contribution in [0.4, 0.5) is 0 Å². The lowest BCUT2D eigenvalue weighted by atomic mass is 10.9. The third kappa shape index (κ3) is 3.83. The summed E-state index contributed by atoms with van der Waals surface area (Å²) < 4.78 is 4.61. The van der Waals surface area contributed by atoms with Gasteiger partial charge in [-0.25, -0.2) is 0 Å². The first kappa shape index (κ1) is 5.83. The molecule has 6 heavy (non-hydrogen) atoms. The van der Waals surface area contributed by atoms with Crippen LogP contribution in [0.25, 0.3) is 0 Å². The SMILES string of the molecule is C=C(Cl)OCC. The van der Waals surface area contributed by atoms with E-state index in [4.69, 9.17) is 11.6 Å². The molecule has 0 heterocycles. The van der Waals surface area contributed by atoms with Gasteiger partial charge in [-0.05, 0) is 25.1 Å². The van der Waals surface area contributed by atoms with E-state index >= 15 is 0 Å². The molecule has 0 aromatic rings. The quantitative estimate of drug-likeness (QED) is 0.487. The van der Waals surface area contributed by atoms with Gasteiger partial charge in [-0.15, -0.1) is 0 Å². The van der Waals surface area contributed by atoms with Crippen molar-refractivity contribution in [1.29, 1.82) is 0 Å². The first-order valence-corrected chi connectivity index (χ1v) is 2.12. The fourth-order valence-corrected chi connectivity index (χ4v) is 0.266. The Hall–Kier alpha value is -0.170. The van der Waals surface area contributed by atoms with Crippen LogP contribution in [0.1, 0.15) is 6.92 Å². The van der Waals surface area contributed by atoms with Crippen LogP contribution < -0.4 is 0 Å². The molecule has 36 valence electrons. The lowest BCUT2D eigenvalue weighted by molar-refractivity contribution is 0.256. The average molecular weight is 107 g/mol. The van der Waals surface area contributed by atoms with Crippen molar-refractivity contribution < 1.29 is 4.74 Å². The summed E-state index contributed by atoms with van der Waals surface area (Å²) in [6.07, 6.45) is 0. The van der Waals surface area contributed by atoms with Crippen molar-refractivity contribution in [1.82, 2.24) is 0 Å². The van der Waals surface area contributed by atoms with Crippen LogP contribution in [0.5, 0.6) is 0 Å². The monoisotopic (exact) mass is 106 g/mol. The Morgan fingerprint density at radius 1 is 2.00 bits per heavy atom. The van der Waals surface area contributed by atoms with Crippen molar-refractivity contribution >= 4 is 11.6 Å². The Morgan fingerprint density at radius 3 is 2.50 bits per heavy atom. The molecule has 0 aromatic carbocycles. The molecule has 0 aliphatic heterocycles. The van der Waals surface area contributed by atoms with Crippen LogP contribution >= 0.6 is 11.6 Å². The Kier molecular flexibility index (Phi) is 2.95. The number of hydrogen-bond acceptors (Lipinski definition) is 1. The first-order chi connectivity index (χ1) is 2.77. The molecule has 0 bridgehead atoms. The maximum atomic E-state index is 5.16. The van der Waals surface area contributed by atoms with E-state index in [0.29, 0.717) is 6.61 Å². The van der Waals surface area contributed by atoms with E-state index in [9.17, 15) is 0 Å². The summed E-state index contributed by atoms with van der Waals surface area (Å²) in [5.74, 6) is 0. The number of rotatable bonds is 2. The zero-order chi connectivity index (χ0) is 4.99. The van der Waals surface area contributed by atoms with Gasteiger partial charge in [0.1, 0.15) is 0 Å². The summed E-state index contributed by atoms with van der Waals surface area (Å²) in [6, 6.07) is 0. The Balaban J connectivity index is 2.83. The summed E-state index contributed by atoms with van der Waals surface area (Å²) in [6.45, 7) is 5.74. The minimum absolute atomic E-state index is 0.262. The third-order valence-corrected chi connectivity index (χ3v) is 0.410. The van der Waals surface area contributed by atoms with Gasteiger partial charge in [-0.1, -0.05) is 0 Å². The van der Waals surface area contributed by atoms with Gasteiger partial charge in [0, 0.05) is 0 Å². The molecule has 1 nitrogen and oxygen atoms in total. The van der Waals surface area contributed by atoms with E-state index in [1.165, 1.54) is 0 Å². The van der Waals surface area contributed by atoms with Crippen molar-refractivity contribution in [2.45, 2.75) is 6.92 Å². The molecule has 0 spiro atoms. The minimum atomic E-state index is 0.262. The van der Waals surface area contributed by atoms with Gasteiger partial charge in [-0.2, -0.15) is 0 Å². The smallest absolute Gasteiger partial charge is 0.179 e. The first-order valence-electron chi connectivity index (χ1n) is 1.74. The van der Waals surface area contributed by atoms with Gasteiger partial charge in [-0.3, -0.25) is 0 Å². The van der Waals surface area contributed by atoms with Crippen LogP contribution in [0.15, 0.2) is 11.8 Å². The highest BCUT2D eigenvalue weighted by Crippen LogP contribution is 1.95. The highest BCUT2D eigenvalue weighted by Gasteiger charge is 1.76. The largest absolute Gasteiger partial charge is 0.484 e. The molecule has 0 rings (SSSR count). The molecular weight excluding hydrogens is 99.5 g/mol. The predicted octanol–water partition coefficient (Wildman–Crippen LogP) is 1.73. The van der Waals surface area contributed by atoms with Gasteiger partial charge >= 0.3 is 0 Å². The highest BCUT2D eigenvalue weighted by atomic mass is 35.5. The zero-order valence-electron chi connectivity index (χ0n) is 3.70. The molecule has 0 saturated heterocycles. The molecular formula is C4H7ClO. The predicted molar refractivity (Wildman–Crippen MR) is 26.6 cm³/mol. The van der Waals surface area contributed by atoms with Gasteiger partial charge < -0.3 is 4.74 Å². The summed E-state index contributed by atoms with van der Waals surface area (Å²) in [5, 5.41) is 0.262. The van der Waals surface area contributed by atoms with Crippen molar-refractivity contribution in [2.24, 2.45) is 0 Å². The molecule has 2 heteroatoms. The average Bonchev–Trinajstić information content (AvgIpc) is 1.35. The van der Waals surface area contributed by atoms with Crippen molar-refractivity contribution in [2.75, 3.05) is 6.61 Å². The molecule has 0 saturated carbocycles. The molecule has 0 aliphatic rings. The molecule has 0 N–H and O–H groups in total. The zero-order valence-corrected chi connectivity index (χ0v) is 4.46. The number of halogens is 1. The van der Waals surface area contributed by atoms with Gasteiger partial charge in [0.05, 0.1) is 6.61 Å². The lowest BCUT2D eigenvalue weighted by Crippen LogP contribution is -1.79. The van der Waals surface area contributed by atoms with Crippen LogP contribution in [0.2, 0.25) is 0 Å². The summed E-state index contributed by atoms with van der Waals surface area (Å²) in [5.41, 5.74) is 0. The Labute approximate surface area is 42.6 Å². The normalized spacial score (nSPS) is 7.67. The van der Waals surface area contributed by atoms with Crippen LogP contribution in [0.3, 0.4) is 0 Å². The molecule has 0 amide bonds. The van der Waals surface area contributed by atoms with Crippen LogP contribution in [-0.2, 0) is 4.74 Å². The van der Waals surface area contributed by atoms with E-state index in [-0.39, 0.29) is 5.22 Å². The molecule has 0 atom stereocenters. The van der Waals surface area contributed by atoms with Gasteiger partial charge in [0.15, 0.2) is 5.22 Å². The molecule has 0 fully saturated rings. The number of hydrogen-bond donors (Lipinski definition) is 0. The van der Waals surface area contributed by atoms with E-state index < -0.39 is 0 Å². The summed E-state index contributed by atoms with van der Waals surface area (Å²) in [7, 11) is 0. The Bertz CT molecular complexity index is 51.5. The molecule has 0 aliphatic carbocycles. The fourth-order valence-electron chi connectivity index (χ4n) is 0.157. The van der Waals surface area contributed by atoms with Crippen molar-refractivity contribution in [3.8, 4) is 0 Å². The second-order valence-corrected chi connectivity index (χ2v) is 1.21. The molecule has 0 aromatic heterocycles. The molecule has 0 unspecified atom stereocenters. The number of ether oxygens (including phenoxy) is 1. The fraction of sp³-hybridized carbons (Fsp3) is 0.500. The maximum absolute atomic E-state index is 5.16. The topological polar surface area (TPSA) is 9.23 Å². The second kappa shape index (κ2) is 3.04. The third-order valence-electron chi connectivity index (χ3n) is 0.301. The van der Waals surface area contributed by atoms with Crippen molar-refractivity contribution in [3.63, 3.8) is 0 Å². The van der Waals surface area contributed by atoms with Gasteiger partial charge in [0.2, 0.25) is 0 Å². The van der Waals surface area contributed by atoms with Crippen LogP contribution in [0, 0.1) is 0 Å². The standard InChI is InChI=1S/C4H7ClO/c1-3-6-4(2)5/h2-3H2,1H3. The summed E-state index contributed by atoms with van der Waals surface area (Å²) in [4.78, 5) is 0. The second-order valence-electron chi connectivity index (χ2n) is 0.788. The highest BCUT2D eigenvalue weighted by molar-refractivity contribution is 6.27. The van der Waals surface area contributed by atoms with E-state index in [0.717, 1.165) is 0 Å². The van der Waals surface area contributed by atoms with Crippen molar-refractivity contribution in [3.05, 3.63) is 11.8 Å². The lowest BCUT2D eigenvalue weighted by Gasteiger charge is -1.92.